The van der Waals surface area contributed by atoms with Crippen LogP contribution in [0, 0.1) is 18.8 Å². The number of sulfonamides is 1. The average molecular weight is 297 g/mol. The standard InChI is InChI=1S/C14H19NO4S/c1-12-6-7-13(5-4-9-16)11-14(12)20(17,18)15(2)8-10-19-3/h6-7,11,16H,8-10H2,1-3H3. The largest absolute Gasteiger partial charge is 0.384 e. The molecule has 5 nitrogen and oxygen atoms in total. The van der Waals surface area contributed by atoms with Crippen molar-refractivity contribution in [2.45, 2.75) is 11.8 Å². The Kier molecular flexibility index (Phi) is 6.17. The van der Waals surface area contributed by atoms with Gasteiger partial charge in [0.25, 0.3) is 0 Å². The molecule has 0 radical (unpaired) electrons. The average Bonchev–Trinajstić information content (AvgIpc) is 2.43. The third-order valence-electron chi connectivity index (χ3n) is 2.80. The number of aliphatic hydroxyl groups is 1. The molecule has 0 amide bonds. The second-order valence-corrected chi connectivity index (χ2v) is 6.27. The van der Waals surface area contributed by atoms with Crippen LogP contribution in [0.5, 0.6) is 0 Å². The van der Waals surface area contributed by atoms with Crippen LogP contribution in [0.4, 0.5) is 0 Å². The lowest BCUT2D eigenvalue weighted by atomic mass is 10.1. The number of aliphatic hydroxyl groups excluding tert-OH is 1. The molecule has 0 saturated carbocycles. The van der Waals surface area contributed by atoms with Gasteiger partial charge in [-0.05, 0) is 24.6 Å². The molecule has 1 aromatic carbocycles. The van der Waals surface area contributed by atoms with E-state index in [-0.39, 0.29) is 18.0 Å². The zero-order valence-electron chi connectivity index (χ0n) is 11.9. The Labute approximate surface area is 120 Å². The summed E-state index contributed by atoms with van der Waals surface area (Å²) >= 11 is 0. The van der Waals surface area contributed by atoms with Crippen LogP contribution in [0.1, 0.15) is 11.1 Å². The molecule has 110 valence electrons. The molecule has 0 aromatic heterocycles. The van der Waals surface area contributed by atoms with Crippen molar-refractivity contribution < 1.29 is 18.3 Å². The van der Waals surface area contributed by atoms with Crippen LogP contribution in [-0.4, -0.2) is 51.7 Å². The highest BCUT2D eigenvalue weighted by Gasteiger charge is 2.22. The van der Waals surface area contributed by atoms with Crippen molar-refractivity contribution in [2.75, 3.05) is 33.9 Å². The third-order valence-corrected chi connectivity index (χ3v) is 4.80. The van der Waals surface area contributed by atoms with Gasteiger partial charge in [0.1, 0.15) is 6.61 Å². The van der Waals surface area contributed by atoms with Gasteiger partial charge in [0.15, 0.2) is 0 Å². The van der Waals surface area contributed by atoms with Crippen LogP contribution in [0.15, 0.2) is 23.1 Å². The molecular formula is C14H19NO4S. The van der Waals surface area contributed by atoms with E-state index in [1.54, 1.807) is 19.1 Å². The summed E-state index contributed by atoms with van der Waals surface area (Å²) in [7, 11) is -0.528. The molecule has 0 fully saturated rings. The summed E-state index contributed by atoms with van der Waals surface area (Å²) in [6.07, 6.45) is 0. The molecule has 0 bridgehead atoms. The summed E-state index contributed by atoms with van der Waals surface area (Å²) in [6, 6.07) is 4.96. The van der Waals surface area contributed by atoms with E-state index in [4.69, 9.17) is 9.84 Å². The maximum absolute atomic E-state index is 12.5. The highest BCUT2D eigenvalue weighted by atomic mass is 32.2. The first kappa shape index (κ1) is 16.7. The summed E-state index contributed by atoms with van der Waals surface area (Å²) in [5, 5.41) is 8.68. The van der Waals surface area contributed by atoms with Gasteiger partial charge in [-0.15, -0.1) is 0 Å². The Morgan fingerprint density at radius 1 is 1.40 bits per heavy atom. The lowest BCUT2D eigenvalue weighted by Crippen LogP contribution is -2.30. The summed E-state index contributed by atoms with van der Waals surface area (Å²) in [5.41, 5.74) is 1.21. The van der Waals surface area contributed by atoms with E-state index in [9.17, 15) is 8.42 Å². The summed E-state index contributed by atoms with van der Waals surface area (Å²) in [5.74, 6) is 5.21. The summed E-state index contributed by atoms with van der Waals surface area (Å²) < 4.78 is 31.1. The van der Waals surface area contributed by atoms with Crippen LogP contribution < -0.4 is 0 Å². The van der Waals surface area contributed by atoms with E-state index in [2.05, 4.69) is 11.8 Å². The molecule has 0 unspecified atom stereocenters. The zero-order chi connectivity index (χ0) is 15.2. The normalized spacial score (nSPS) is 11.2. The number of benzene rings is 1. The van der Waals surface area contributed by atoms with Crippen LogP contribution in [0.3, 0.4) is 0 Å². The first-order valence-corrected chi connectivity index (χ1v) is 7.53. The number of aryl methyl sites for hydroxylation is 1. The van der Waals surface area contributed by atoms with Crippen molar-refractivity contribution in [3.05, 3.63) is 29.3 Å². The molecule has 0 spiro atoms. The fourth-order valence-corrected chi connectivity index (χ4v) is 3.01. The van der Waals surface area contributed by atoms with Crippen molar-refractivity contribution in [1.29, 1.82) is 0 Å². The quantitative estimate of drug-likeness (QED) is 0.809. The minimum atomic E-state index is -3.57. The molecule has 0 heterocycles. The molecule has 0 aliphatic heterocycles. The monoisotopic (exact) mass is 297 g/mol. The van der Waals surface area contributed by atoms with Gasteiger partial charge in [0, 0.05) is 26.3 Å². The predicted molar refractivity (Wildman–Crippen MR) is 76.8 cm³/mol. The molecule has 6 heteroatoms. The topological polar surface area (TPSA) is 66.8 Å². The van der Waals surface area contributed by atoms with Crippen LogP contribution >= 0.6 is 0 Å². The van der Waals surface area contributed by atoms with Gasteiger partial charge >= 0.3 is 0 Å². The van der Waals surface area contributed by atoms with Gasteiger partial charge < -0.3 is 9.84 Å². The van der Waals surface area contributed by atoms with E-state index in [1.165, 1.54) is 24.5 Å². The first-order valence-electron chi connectivity index (χ1n) is 6.09. The number of nitrogens with zero attached hydrogens (tertiary/aromatic N) is 1. The van der Waals surface area contributed by atoms with Gasteiger partial charge in [-0.2, -0.15) is 4.31 Å². The molecule has 0 atom stereocenters. The second-order valence-electron chi connectivity index (χ2n) is 4.26. The minimum Gasteiger partial charge on any atom is -0.384 e. The number of methoxy groups -OCH3 is 1. The Morgan fingerprint density at radius 3 is 2.70 bits per heavy atom. The summed E-state index contributed by atoms with van der Waals surface area (Å²) in [6.45, 7) is 2.09. The molecule has 0 aliphatic carbocycles. The van der Waals surface area contributed by atoms with E-state index in [0.717, 1.165) is 0 Å². The van der Waals surface area contributed by atoms with Crippen molar-refractivity contribution in [3.8, 4) is 11.8 Å². The van der Waals surface area contributed by atoms with Crippen molar-refractivity contribution in [2.24, 2.45) is 0 Å². The maximum atomic E-state index is 12.5. The van der Waals surface area contributed by atoms with Crippen molar-refractivity contribution in [3.63, 3.8) is 0 Å². The van der Waals surface area contributed by atoms with Gasteiger partial charge in [-0.3, -0.25) is 0 Å². The van der Waals surface area contributed by atoms with Gasteiger partial charge in [0.2, 0.25) is 10.0 Å². The fourth-order valence-electron chi connectivity index (χ4n) is 1.61. The number of ether oxygens (including phenoxy) is 1. The highest BCUT2D eigenvalue weighted by molar-refractivity contribution is 7.89. The maximum Gasteiger partial charge on any atom is 0.243 e. The third kappa shape index (κ3) is 4.05. The molecule has 0 saturated heterocycles. The molecule has 20 heavy (non-hydrogen) atoms. The lowest BCUT2D eigenvalue weighted by Gasteiger charge is -2.18. The summed E-state index contributed by atoms with van der Waals surface area (Å²) in [4.78, 5) is 0.223. The van der Waals surface area contributed by atoms with Crippen molar-refractivity contribution >= 4 is 10.0 Å². The Hall–Kier alpha value is -1.39. The first-order chi connectivity index (χ1) is 9.43. The number of hydrogen-bond acceptors (Lipinski definition) is 4. The molecule has 1 N–H and O–H groups in total. The SMILES string of the molecule is COCCN(C)S(=O)(=O)c1cc(C#CCO)ccc1C. The van der Waals surface area contributed by atoms with E-state index >= 15 is 0 Å². The smallest absolute Gasteiger partial charge is 0.243 e. The Balaban J connectivity index is 3.16. The Morgan fingerprint density at radius 2 is 2.10 bits per heavy atom. The molecular weight excluding hydrogens is 278 g/mol. The van der Waals surface area contributed by atoms with Crippen LogP contribution in [0.2, 0.25) is 0 Å². The van der Waals surface area contributed by atoms with Crippen molar-refractivity contribution in [1.82, 2.24) is 4.31 Å². The highest BCUT2D eigenvalue weighted by Crippen LogP contribution is 2.20. The van der Waals surface area contributed by atoms with Gasteiger partial charge in [-0.1, -0.05) is 17.9 Å². The predicted octanol–water partition coefficient (Wildman–Crippen LogP) is 0.606. The van der Waals surface area contributed by atoms with E-state index < -0.39 is 10.0 Å². The molecule has 1 aromatic rings. The Bertz CT molecular complexity index is 614. The van der Waals surface area contributed by atoms with E-state index in [1.807, 2.05) is 0 Å². The van der Waals surface area contributed by atoms with Crippen LogP contribution in [-0.2, 0) is 14.8 Å². The van der Waals surface area contributed by atoms with E-state index in [0.29, 0.717) is 17.7 Å². The van der Waals surface area contributed by atoms with Crippen LogP contribution in [0.25, 0.3) is 0 Å². The number of hydrogen-bond donors (Lipinski definition) is 1. The van der Waals surface area contributed by atoms with Gasteiger partial charge in [0.05, 0.1) is 11.5 Å². The number of rotatable bonds is 5. The zero-order valence-corrected chi connectivity index (χ0v) is 12.7. The molecule has 1 rings (SSSR count). The van der Waals surface area contributed by atoms with Gasteiger partial charge in [-0.25, -0.2) is 8.42 Å². The minimum absolute atomic E-state index is 0.223. The lowest BCUT2D eigenvalue weighted by molar-refractivity contribution is 0.185. The number of likely N-dealkylation sites (N-methyl/N-ethyl adjacent to an activating group) is 1. The molecule has 0 aliphatic rings. The second kappa shape index (κ2) is 7.41. The fraction of sp³-hybridized carbons (Fsp3) is 0.429.